The van der Waals surface area contributed by atoms with E-state index in [1.54, 1.807) is 6.92 Å². The number of carboxylic acid groups (broad SMARTS) is 1. The first-order valence-electron chi connectivity index (χ1n) is 5.75. The lowest BCUT2D eigenvalue weighted by Crippen LogP contribution is -2.48. The van der Waals surface area contributed by atoms with Crippen molar-refractivity contribution in [2.75, 3.05) is 6.54 Å². The number of nitrogens with two attached hydrogens (primary N) is 1. The zero-order valence-corrected chi connectivity index (χ0v) is 9.66. The number of carboxylic acids is 1. The molecule has 1 rings (SSSR count). The molecule has 92 valence electrons. The van der Waals surface area contributed by atoms with Crippen molar-refractivity contribution in [3.05, 3.63) is 0 Å². The van der Waals surface area contributed by atoms with E-state index in [-0.39, 0.29) is 12.5 Å². The maximum Gasteiger partial charge on any atom is 0.311 e. The van der Waals surface area contributed by atoms with Crippen LogP contribution in [0.3, 0.4) is 0 Å². The van der Waals surface area contributed by atoms with Crippen LogP contribution in [0.25, 0.3) is 0 Å². The number of rotatable bonds is 4. The van der Waals surface area contributed by atoms with Crippen molar-refractivity contribution in [2.24, 2.45) is 11.1 Å². The maximum absolute atomic E-state index is 11.3. The Hall–Kier alpha value is -1.10. The average Bonchev–Trinajstić information content (AvgIpc) is 2.26. The Kier molecular flexibility index (Phi) is 4.29. The molecule has 0 aromatic carbocycles. The molecule has 1 amide bonds. The van der Waals surface area contributed by atoms with Crippen molar-refractivity contribution in [1.29, 1.82) is 0 Å². The molecule has 5 nitrogen and oxygen atoms in total. The number of amides is 1. The molecule has 1 aliphatic carbocycles. The van der Waals surface area contributed by atoms with Gasteiger partial charge in [0.1, 0.15) is 0 Å². The second-order valence-electron chi connectivity index (χ2n) is 4.65. The lowest BCUT2D eigenvalue weighted by molar-refractivity contribution is -0.151. The smallest absolute Gasteiger partial charge is 0.311 e. The SMILES string of the molecule is C[C@H](N)C(=O)NCC1(C(=O)O)CCCCC1. The minimum atomic E-state index is -0.808. The van der Waals surface area contributed by atoms with Crippen LogP contribution in [-0.4, -0.2) is 29.6 Å². The van der Waals surface area contributed by atoms with Crippen molar-refractivity contribution < 1.29 is 14.7 Å². The summed E-state index contributed by atoms with van der Waals surface area (Å²) < 4.78 is 0. The Bertz CT molecular complexity index is 270. The van der Waals surface area contributed by atoms with Gasteiger partial charge in [-0.3, -0.25) is 9.59 Å². The lowest BCUT2D eigenvalue weighted by atomic mass is 9.74. The third kappa shape index (κ3) is 2.95. The van der Waals surface area contributed by atoms with Gasteiger partial charge < -0.3 is 16.2 Å². The van der Waals surface area contributed by atoms with Gasteiger partial charge in [0.2, 0.25) is 5.91 Å². The van der Waals surface area contributed by atoms with Crippen molar-refractivity contribution >= 4 is 11.9 Å². The molecule has 16 heavy (non-hydrogen) atoms. The fourth-order valence-electron chi connectivity index (χ4n) is 2.11. The maximum atomic E-state index is 11.3. The summed E-state index contributed by atoms with van der Waals surface area (Å²) in [6.07, 6.45) is 4.19. The second-order valence-corrected chi connectivity index (χ2v) is 4.65. The Morgan fingerprint density at radius 3 is 2.38 bits per heavy atom. The minimum Gasteiger partial charge on any atom is -0.481 e. The number of carbonyl (C=O) groups is 2. The van der Waals surface area contributed by atoms with Gasteiger partial charge in [0, 0.05) is 6.54 Å². The van der Waals surface area contributed by atoms with E-state index in [4.69, 9.17) is 5.73 Å². The van der Waals surface area contributed by atoms with E-state index >= 15 is 0 Å². The Morgan fingerprint density at radius 2 is 1.94 bits per heavy atom. The van der Waals surface area contributed by atoms with E-state index in [0.29, 0.717) is 12.8 Å². The van der Waals surface area contributed by atoms with Crippen molar-refractivity contribution in [3.63, 3.8) is 0 Å². The Balaban J connectivity index is 2.58. The molecule has 0 aromatic rings. The van der Waals surface area contributed by atoms with Gasteiger partial charge >= 0.3 is 5.97 Å². The van der Waals surface area contributed by atoms with Crippen LogP contribution in [0.2, 0.25) is 0 Å². The Labute approximate surface area is 95.4 Å². The van der Waals surface area contributed by atoms with Crippen LogP contribution in [0.5, 0.6) is 0 Å². The largest absolute Gasteiger partial charge is 0.481 e. The quantitative estimate of drug-likeness (QED) is 0.652. The van der Waals surface area contributed by atoms with Gasteiger partial charge in [0.05, 0.1) is 11.5 Å². The minimum absolute atomic E-state index is 0.197. The lowest BCUT2D eigenvalue weighted by Gasteiger charge is -2.33. The summed E-state index contributed by atoms with van der Waals surface area (Å²) in [6.45, 7) is 1.78. The van der Waals surface area contributed by atoms with Crippen LogP contribution in [0.4, 0.5) is 0 Å². The molecule has 1 aliphatic rings. The number of aliphatic carboxylic acids is 1. The molecule has 1 atom stereocenters. The second kappa shape index (κ2) is 5.30. The summed E-state index contributed by atoms with van der Waals surface area (Å²) in [5, 5.41) is 11.9. The van der Waals surface area contributed by atoms with Gasteiger partial charge in [0.15, 0.2) is 0 Å². The van der Waals surface area contributed by atoms with E-state index in [9.17, 15) is 14.7 Å². The molecule has 0 saturated heterocycles. The van der Waals surface area contributed by atoms with Crippen molar-refractivity contribution in [2.45, 2.75) is 45.1 Å². The molecule has 0 radical (unpaired) electrons. The number of nitrogens with one attached hydrogen (secondary N) is 1. The third-order valence-electron chi connectivity index (χ3n) is 3.28. The standard InChI is InChI=1S/C11H20N2O3/c1-8(12)9(14)13-7-11(10(15)16)5-3-2-4-6-11/h8H,2-7,12H2,1H3,(H,13,14)(H,15,16)/t8-/m0/s1. The molecule has 5 heteroatoms. The average molecular weight is 228 g/mol. The van der Waals surface area contributed by atoms with Crippen molar-refractivity contribution in [3.8, 4) is 0 Å². The van der Waals surface area contributed by atoms with Gasteiger partial charge in [-0.25, -0.2) is 0 Å². The highest BCUT2D eigenvalue weighted by Gasteiger charge is 2.39. The van der Waals surface area contributed by atoms with E-state index in [1.165, 1.54) is 0 Å². The van der Waals surface area contributed by atoms with Crippen molar-refractivity contribution in [1.82, 2.24) is 5.32 Å². The summed E-state index contributed by atoms with van der Waals surface area (Å²) >= 11 is 0. The van der Waals surface area contributed by atoms with Gasteiger partial charge in [-0.15, -0.1) is 0 Å². The molecule has 0 spiro atoms. The fraction of sp³-hybridized carbons (Fsp3) is 0.818. The molecule has 1 saturated carbocycles. The Morgan fingerprint density at radius 1 is 1.38 bits per heavy atom. The summed E-state index contributed by atoms with van der Waals surface area (Å²) in [7, 11) is 0. The molecule has 1 fully saturated rings. The number of hydrogen-bond donors (Lipinski definition) is 3. The van der Waals surface area contributed by atoms with Crippen LogP contribution < -0.4 is 11.1 Å². The first-order chi connectivity index (χ1) is 7.48. The molecule has 4 N–H and O–H groups in total. The predicted octanol–water partition coefficient (Wildman–Crippen LogP) is 0.485. The van der Waals surface area contributed by atoms with Gasteiger partial charge in [-0.2, -0.15) is 0 Å². The molecule has 0 unspecified atom stereocenters. The predicted molar refractivity (Wildman–Crippen MR) is 59.8 cm³/mol. The van der Waals surface area contributed by atoms with Crippen LogP contribution >= 0.6 is 0 Å². The molecule has 0 heterocycles. The van der Waals surface area contributed by atoms with E-state index in [1.807, 2.05) is 0 Å². The van der Waals surface area contributed by atoms with E-state index in [2.05, 4.69) is 5.32 Å². The normalized spacial score (nSPS) is 21.1. The number of hydrogen-bond acceptors (Lipinski definition) is 3. The summed E-state index contributed by atoms with van der Waals surface area (Å²) in [5.41, 5.74) is 4.64. The molecule has 0 aliphatic heterocycles. The summed E-state index contributed by atoms with van der Waals surface area (Å²) in [6, 6.07) is -0.588. The highest BCUT2D eigenvalue weighted by molar-refractivity contribution is 5.82. The topological polar surface area (TPSA) is 92.4 Å². The van der Waals surface area contributed by atoms with Crippen LogP contribution in [0.15, 0.2) is 0 Å². The molecule has 0 bridgehead atoms. The first kappa shape index (κ1) is 13.0. The zero-order valence-electron chi connectivity index (χ0n) is 9.66. The highest BCUT2D eigenvalue weighted by Crippen LogP contribution is 2.35. The zero-order chi connectivity index (χ0) is 12.2. The highest BCUT2D eigenvalue weighted by atomic mass is 16.4. The van der Waals surface area contributed by atoms with Crippen LogP contribution in [-0.2, 0) is 9.59 Å². The molecule has 0 aromatic heterocycles. The summed E-state index contributed by atoms with van der Waals surface area (Å²) in [5.74, 6) is -1.09. The van der Waals surface area contributed by atoms with Gasteiger partial charge in [0.25, 0.3) is 0 Å². The number of carbonyl (C=O) groups excluding carboxylic acids is 1. The molecular formula is C11H20N2O3. The van der Waals surface area contributed by atoms with Crippen LogP contribution in [0.1, 0.15) is 39.0 Å². The third-order valence-corrected chi connectivity index (χ3v) is 3.28. The van der Waals surface area contributed by atoms with Crippen LogP contribution in [0, 0.1) is 5.41 Å². The summed E-state index contributed by atoms with van der Waals surface area (Å²) in [4.78, 5) is 22.6. The van der Waals surface area contributed by atoms with Gasteiger partial charge in [-0.1, -0.05) is 19.3 Å². The molecular weight excluding hydrogens is 208 g/mol. The first-order valence-corrected chi connectivity index (χ1v) is 5.75. The van der Waals surface area contributed by atoms with E-state index < -0.39 is 17.4 Å². The monoisotopic (exact) mass is 228 g/mol. The van der Waals surface area contributed by atoms with Gasteiger partial charge in [-0.05, 0) is 19.8 Å². The fourth-order valence-corrected chi connectivity index (χ4v) is 2.11. The van der Waals surface area contributed by atoms with E-state index in [0.717, 1.165) is 19.3 Å².